The Hall–Kier alpha value is -2.14. The van der Waals surface area contributed by atoms with Gasteiger partial charge in [0.25, 0.3) is 0 Å². The van der Waals surface area contributed by atoms with Crippen LogP contribution in [-0.2, 0) is 9.53 Å². The Morgan fingerprint density at radius 2 is 1.92 bits per heavy atom. The number of unbranched alkanes of at least 4 members (excludes halogenated alkanes) is 1. The predicted octanol–water partition coefficient (Wildman–Crippen LogP) is 5.21. The Morgan fingerprint density at radius 1 is 1.20 bits per heavy atom. The van der Waals surface area contributed by atoms with E-state index in [4.69, 9.17) is 4.74 Å². The van der Waals surface area contributed by atoms with Crippen LogP contribution in [0.1, 0.15) is 66.8 Å². The Balaban J connectivity index is 2.28. The molecular weight excluding hydrogens is 334 g/mol. The van der Waals surface area contributed by atoms with Gasteiger partial charge < -0.3 is 10.1 Å². The van der Waals surface area contributed by atoms with Gasteiger partial charge in [0.2, 0.25) is 5.91 Å². The van der Waals surface area contributed by atoms with E-state index in [0.29, 0.717) is 23.6 Å². The molecule has 1 aromatic carbocycles. The van der Waals surface area contributed by atoms with Crippen LogP contribution in [0, 0.1) is 0 Å². The fraction of sp³-hybridized carbons (Fsp3) is 0.400. The molecule has 1 amide bonds. The molecule has 0 aliphatic carbocycles. The van der Waals surface area contributed by atoms with E-state index in [0.717, 1.165) is 17.7 Å². The maximum atomic E-state index is 12.3. The summed E-state index contributed by atoms with van der Waals surface area (Å²) in [5.41, 5.74) is 1.61. The minimum atomic E-state index is -0.393. The highest BCUT2D eigenvalue weighted by Gasteiger charge is 2.21. The van der Waals surface area contributed by atoms with Crippen LogP contribution in [0.25, 0.3) is 0 Å². The van der Waals surface area contributed by atoms with Crippen LogP contribution in [0.3, 0.4) is 0 Å². The zero-order valence-electron chi connectivity index (χ0n) is 15.0. The highest BCUT2D eigenvalue weighted by atomic mass is 32.1. The average molecular weight is 359 g/mol. The number of rotatable bonds is 8. The molecule has 0 aliphatic rings. The topological polar surface area (TPSA) is 55.4 Å². The molecule has 25 heavy (non-hydrogen) atoms. The van der Waals surface area contributed by atoms with Gasteiger partial charge in [-0.3, -0.25) is 4.79 Å². The largest absolute Gasteiger partial charge is 0.462 e. The van der Waals surface area contributed by atoms with Gasteiger partial charge in [-0.25, -0.2) is 4.79 Å². The molecule has 4 nitrogen and oxygen atoms in total. The lowest BCUT2D eigenvalue weighted by Gasteiger charge is -2.09. The lowest BCUT2D eigenvalue weighted by Crippen LogP contribution is -2.13. The minimum absolute atomic E-state index is 0.0619. The van der Waals surface area contributed by atoms with E-state index in [2.05, 4.69) is 24.4 Å². The number of hydrogen-bond acceptors (Lipinski definition) is 4. The molecule has 0 bridgehead atoms. The van der Waals surface area contributed by atoms with Crippen LogP contribution in [0.15, 0.2) is 36.4 Å². The van der Waals surface area contributed by atoms with Gasteiger partial charge in [-0.2, -0.15) is 0 Å². The lowest BCUT2D eigenvalue weighted by molar-refractivity contribution is -0.116. The number of carbonyl (C=O) groups excluding carboxylic acids is 2. The maximum absolute atomic E-state index is 12.3. The summed E-state index contributed by atoms with van der Waals surface area (Å²) in [7, 11) is 0. The van der Waals surface area contributed by atoms with Crippen LogP contribution in [0.2, 0.25) is 0 Å². The SMILES string of the molecule is CCCCC(=O)Nc1sc([C@@H](C)c2ccccc2)cc1C(=O)OCC. The van der Waals surface area contributed by atoms with Crippen LogP contribution >= 0.6 is 11.3 Å². The number of anilines is 1. The second-order valence-corrected chi connectivity index (χ2v) is 6.98. The number of ether oxygens (including phenoxy) is 1. The van der Waals surface area contributed by atoms with Gasteiger partial charge in [-0.05, 0) is 25.0 Å². The Labute approximate surface area is 153 Å². The third kappa shape index (κ3) is 5.16. The molecule has 0 aliphatic heterocycles. The third-order valence-electron chi connectivity index (χ3n) is 3.98. The van der Waals surface area contributed by atoms with E-state index in [1.165, 1.54) is 16.9 Å². The van der Waals surface area contributed by atoms with Gasteiger partial charge in [-0.1, -0.05) is 50.6 Å². The van der Waals surface area contributed by atoms with Crippen LogP contribution in [-0.4, -0.2) is 18.5 Å². The fourth-order valence-corrected chi connectivity index (χ4v) is 3.65. The van der Waals surface area contributed by atoms with Gasteiger partial charge >= 0.3 is 5.97 Å². The quantitative estimate of drug-likeness (QED) is 0.659. The van der Waals surface area contributed by atoms with E-state index in [1.807, 2.05) is 31.2 Å². The van der Waals surface area contributed by atoms with Gasteiger partial charge in [0, 0.05) is 17.2 Å². The molecule has 0 spiro atoms. The molecule has 5 heteroatoms. The first-order valence-electron chi connectivity index (χ1n) is 8.72. The Bertz CT molecular complexity index is 709. The van der Waals surface area contributed by atoms with Crippen molar-refractivity contribution in [2.45, 2.75) is 46.0 Å². The number of benzene rings is 1. The minimum Gasteiger partial charge on any atom is -0.462 e. The second kappa shape index (κ2) is 9.37. The van der Waals surface area contributed by atoms with Crippen molar-refractivity contribution < 1.29 is 14.3 Å². The molecule has 2 rings (SSSR count). The zero-order valence-corrected chi connectivity index (χ0v) is 15.8. The highest BCUT2D eigenvalue weighted by molar-refractivity contribution is 7.16. The Morgan fingerprint density at radius 3 is 2.56 bits per heavy atom. The van der Waals surface area contributed by atoms with E-state index >= 15 is 0 Å². The molecule has 0 saturated heterocycles. The predicted molar refractivity (Wildman–Crippen MR) is 102 cm³/mol. The summed E-state index contributed by atoms with van der Waals surface area (Å²) in [6.45, 7) is 6.22. The molecule has 0 saturated carbocycles. The molecule has 1 heterocycles. The van der Waals surface area contributed by atoms with Gasteiger partial charge in [-0.15, -0.1) is 11.3 Å². The van der Waals surface area contributed by atoms with Crippen LogP contribution < -0.4 is 5.32 Å². The molecule has 1 N–H and O–H groups in total. The van der Waals surface area contributed by atoms with Crippen molar-refractivity contribution in [3.05, 3.63) is 52.4 Å². The number of hydrogen-bond donors (Lipinski definition) is 1. The van der Waals surface area contributed by atoms with Crippen LogP contribution in [0.5, 0.6) is 0 Å². The van der Waals surface area contributed by atoms with Gasteiger partial charge in [0.15, 0.2) is 0 Å². The molecule has 134 valence electrons. The summed E-state index contributed by atoms with van der Waals surface area (Å²) in [6, 6.07) is 11.9. The van der Waals surface area contributed by atoms with Gasteiger partial charge in [0.05, 0.1) is 12.2 Å². The fourth-order valence-electron chi connectivity index (χ4n) is 2.51. The standard InChI is InChI=1S/C20H25NO3S/c1-4-6-12-18(22)21-19-16(20(23)24-5-2)13-17(25-19)14(3)15-10-8-7-9-11-15/h7-11,13-14H,4-6,12H2,1-3H3,(H,21,22)/t14-/m0/s1. The number of nitrogens with one attached hydrogen (secondary N) is 1. The zero-order chi connectivity index (χ0) is 18.2. The normalized spacial score (nSPS) is 11.8. The monoisotopic (exact) mass is 359 g/mol. The summed E-state index contributed by atoms with van der Waals surface area (Å²) in [5, 5.41) is 3.47. The molecule has 2 aromatic rings. The number of thiophene rings is 1. The average Bonchev–Trinajstić information content (AvgIpc) is 3.04. The molecule has 0 radical (unpaired) electrons. The first-order valence-corrected chi connectivity index (χ1v) is 9.54. The van der Waals surface area contributed by atoms with Gasteiger partial charge in [0.1, 0.15) is 5.00 Å². The summed E-state index contributed by atoms with van der Waals surface area (Å²) in [4.78, 5) is 25.4. The van der Waals surface area contributed by atoms with E-state index in [9.17, 15) is 9.59 Å². The Kier molecular flexibility index (Phi) is 7.19. The lowest BCUT2D eigenvalue weighted by atomic mass is 9.99. The van der Waals surface area contributed by atoms with Crippen LogP contribution in [0.4, 0.5) is 5.00 Å². The summed E-state index contributed by atoms with van der Waals surface area (Å²) < 4.78 is 5.15. The van der Waals surface area contributed by atoms with Crippen molar-refractivity contribution in [1.82, 2.24) is 0 Å². The second-order valence-electron chi connectivity index (χ2n) is 5.90. The first-order chi connectivity index (χ1) is 12.1. The van der Waals surface area contributed by atoms with Crippen molar-refractivity contribution in [2.75, 3.05) is 11.9 Å². The molecule has 0 fully saturated rings. The summed E-state index contributed by atoms with van der Waals surface area (Å²) in [5.74, 6) is -0.315. The van der Waals surface area contributed by atoms with E-state index < -0.39 is 5.97 Å². The van der Waals surface area contributed by atoms with Crippen molar-refractivity contribution in [2.24, 2.45) is 0 Å². The van der Waals surface area contributed by atoms with Crippen molar-refractivity contribution >= 4 is 28.2 Å². The first kappa shape index (κ1) is 19.2. The number of esters is 1. The number of carbonyl (C=O) groups is 2. The molecular formula is C20H25NO3S. The summed E-state index contributed by atoms with van der Waals surface area (Å²) in [6.07, 6.45) is 2.25. The van der Waals surface area contributed by atoms with Crippen molar-refractivity contribution in [3.63, 3.8) is 0 Å². The molecule has 1 aromatic heterocycles. The van der Waals surface area contributed by atoms with Crippen molar-refractivity contribution in [1.29, 1.82) is 0 Å². The highest BCUT2D eigenvalue weighted by Crippen LogP contribution is 2.36. The maximum Gasteiger partial charge on any atom is 0.341 e. The third-order valence-corrected chi connectivity index (χ3v) is 5.22. The van der Waals surface area contributed by atoms with E-state index in [1.54, 1.807) is 6.92 Å². The smallest absolute Gasteiger partial charge is 0.341 e. The molecule has 1 atom stereocenters. The molecule has 0 unspecified atom stereocenters. The van der Waals surface area contributed by atoms with E-state index in [-0.39, 0.29) is 11.8 Å². The van der Waals surface area contributed by atoms with Crippen molar-refractivity contribution in [3.8, 4) is 0 Å². The summed E-state index contributed by atoms with van der Waals surface area (Å²) >= 11 is 1.45. The number of amides is 1.